The van der Waals surface area contributed by atoms with Crippen molar-refractivity contribution in [2.24, 2.45) is 5.92 Å². The summed E-state index contributed by atoms with van der Waals surface area (Å²) in [6.07, 6.45) is 5.83. The van der Waals surface area contributed by atoms with Crippen molar-refractivity contribution in [1.82, 2.24) is 4.90 Å². The van der Waals surface area contributed by atoms with Gasteiger partial charge in [-0.05, 0) is 92.0 Å². The summed E-state index contributed by atoms with van der Waals surface area (Å²) in [5.74, 6) is 1.49. The van der Waals surface area contributed by atoms with Gasteiger partial charge in [-0.2, -0.15) is 0 Å². The van der Waals surface area contributed by atoms with Crippen molar-refractivity contribution < 1.29 is 14.3 Å². The number of esters is 1. The first-order valence-electron chi connectivity index (χ1n) is 12.4. The molecule has 34 heavy (non-hydrogen) atoms. The lowest BCUT2D eigenvalue weighted by atomic mass is 9.89. The molecule has 0 saturated carbocycles. The van der Waals surface area contributed by atoms with Crippen molar-refractivity contribution >= 4 is 17.3 Å². The first-order chi connectivity index (χ1) is 16.4. The molecule has 0 bridgehead atoms. The minimum Gasteiger partial charge on any atom is -0.484 e. The van der Waals surface area contributed by atoms with Crippen LogP contribution in [-0.2, 0) is 16.0 Å². The van der Waals surface area contributed by atoms with Crippen LogP contribution in [0, 0.1) is 5.92 Å². The maximum absolute atomic E-state index is 12.1. The molecule has 0 amide bonds. The van der Waals surface area contributed by atoms with Gasteiger partial charge in [0, 0.05) is 23.5 Å². The number of nitrogens with zero attached hydrogens (tertiary/aromatic N) is 1. The number of hydrogen-bond acceptors (Lipinski definition) is 6. The maximum Gasteiger partial charge on any atom is 0.311 e. The van der Waals surface area contributed by atoms with Crippen LogP contribution >= 0.6 is 0 Å². The van der Waals surface area contributed by atoms with Gasteiger partial charge in [0.05, 0.1) is 18.7 Å². The quantitative estimate of drug-likeness (QED) is 0.494. The lowest BCUT2D eigenvalue weighted by molar-refractivity contribution is -0.138. The minimum atomic E-state index is -0.176. The third-order valence-corrected chi connectivity index (χ3v) is 7.64. The molecular formula is C28H35N3O3. The number of ether oxygens (including phenoxy) is 2. The Kier molecular flexibility index (Phi) is 6.26. The Labute approximate surface area is 201 Å². The molecule has 2 aromatic rings. The van der Waals surface area contributed by atoms with Crippen LogP contribution in [-0.4, -0.2) is 30.0 Å². The van der Waals surface area contributed by atoms with Gasteiger partial charge in [-0.25, -0.2) is 0 Å². The number of allylic oxidation sites excluding steroid dienone is 1. The number of carbonyl (C=O) groups is 1. The smallest absolute Gasteiger partial charge is 0.311 e. The Bertz CT molecular complexity index is 1090. The van der Waals surface area contributed by atoms with Crippen molar-refractivity contribution in [3.05, 3.63) is 64.9 Å². The van der Waals surface area contributed by atoms with Crippen LogP contribution in [0.15, 0.2) is 48.2 Å². The number of hydrogen-bond donors (Lipinski definition) is 2. The van der Waals surface area contributed by atoms with Crippen LogP contribution in [0.5, 0.6) is 5.75 Å². The second kappa shape index (κ2) is 9.34. The highest BCUT2D eigenvalue weighted by atomic mass is 16.5. The highest BCUT2D eigenvalue weighted by Crippen LogP contribution is 2.43. The SMILES string of the molecule is CC1=COC(=O)CC(c2ccc(OC3c4cc(N)cc(N)c4CC3N3CCC(C)C3)cc2)CC1. The van der Waals surface area contributed by atoms with Crippen molar-refractivity contribution in [2.75, 3.05) is 24.6 Å². The van der Waals surface area contributed by atoms with Gasteiger partial charge in [-0.15, -0.1) is 0 Å². The van der Waals surface area contributed by atoms with Gasteiger partial charge in [0.1, 0.15) is 11.9 Å². The average Bonchev–Trinajstić information content (AvgIpc) is 3.38. The van der Waals surface area contributed by atoms with Crippen LogP contribution in [0.25, 0.3) is 0 Å². The Morgan fingerprint density at radius 1 is 1.09 bits per heavy atom. The van der Waals surface area contributed by atoms with E-state index in [0.717, 1.165) is 66.1 Å². The zero-order valence-corrected chi connectivity index (χ0v) is 20.1. The first-order valence-corrected chi connectivity index (χ1v) is 12.4. The highest BCUT2D eigenvalue weighted by Gasteiger charge is 2.41. The average molecular weight is 462 g/mol. The number of nitrogens with two attached hydrogens (primary N) is 2. The molecule has 1 saturated heterocycles. The summed E-state index contributed by atoms with van der Waals surface area (Å²) >= 11 is 0. The monoisotopic (exact) mass is 461 g/mol. The summed E-state index contributed by atoms with van der Waals surface area (Å²) in [7, 11) is 0. The maximum atomic E-state index is 12.1. The molecule has 2 heterocycles. The van der Waals surface area contributed by atoms with E-state index in [2.05, 4.69) is 24.0 Å². The molecule has 6 heteroatoms. The number of benzene rings is 2. The van der Waals surface area contributed by atoms with Gasteiger partial charge in [-0.1, -0.05) is 19.1 Å². The molecule has 0 spiro atoms. The van der Waals surface area contributed by atoms with Gasteiger partial charge in [0.2, 0.25) is 0 Å². The molecular weight excluding hydrogens is 426 g/mol. The molecule has 0 aromatic heterocycles. The number of cyclic esters (lactones) is 1. The summed E-state index contributed by atoms with van der Waals surface area (Å²) < 4.78 is 11.9. The molecule has 4 unspecified atom stereocenters. The first kappa shape index (κ1) is 22.8. The molecule has 180 valence electrons. The van der Waals surface area contributed by atoms with Gasteiger partial charge in [-0.3, -0.25) is 9.69 Å². The van der Waals surface area contributed by atoms with Gasteiger partial charge < -0.3 is 20.9 Å². The van der Waals surface area contributed by atoms with Gasteiger partial charge in [0.15, 0.2) is 0 Å². The highest BCUT2D eigenvalue weighted by molar-refractivity contribution is 5.71. The van der Waals surface area contributed by atoms with Crippen LogP contribution in [0.4, 0.5) is 11.4 Å². The Balaban J connectivity index is 1.38. The predicted molar refractivity (Wildman–Crippen MR) is 134 cm³/mol. The normalized spacial score (nSPS) is 27.5. The molecule has 4 N–H and O–H groups in total. The predicted octanol–water partition coefficient (Wildman–Crippen LogP) is 4.95. The number of likely N-dealkylation sites (tertiary alicyclic amines) is 1. The topological polar surface area (TPSA) is 90.8 Å². The molecule has 2 aromatic carbocycles. The summed E-state index contributed by atoms with van der Waals surface area (Å²) in [5.41, 5.74) is 18.5. The summed E-state index contributed by atoms with van der Waals surface area (Å²) in [4.78, 5) is 14.7. The van der Waals surface area contributed by atoms with E-state index in [-0.39, 0.29) is 24.0 Å². The lowest BCUT2D eigenvalue weighted by Crippen LogP contribution is -2.38. The van der Waals surface area contributed by atoms with Crippen LogP contribution < -0.4 is 16.2 Å². The molecule has 1 aliphatic carbocycles. The minimum absolute atomic E-state index is 0.110. The number of carbonyl (C=O) groups excluding carboxylic acids is 1. The summed E-state index contributed by atoms with van der Waals surface area (Å²) in [5, 5.41) is 0. The number of rotatable bonds is 4. The molecule has 6 nitrogen and oxygen atoms in total. The van der Waals surface area contributed by atoms with E-state index >= 15 is 0 Å². The fourth-order valence-corrected chi connectivity index (χ4v) is 5.72. The molecule has 5 rings (SSSR count). The number of anilines is 2. The molecule has 2 aliphatic heterocycles. The zero-order chi connectivity index (χ0) is 23.8. The van der Waals surface area contributed by atoms with E-state index < -0.39 is 0 Å². The number of fused-ring (bicyclic) bond motifs is 1. The summed E-state index contributed by atoms with van der Waals surface area (Å²) in [6.45, 7) is 6.48. The lowest BCUT2D eigenvalue weighted by Gasteiger charge is -2.30. The Hall–Kier alpha value is -2.99. The van der Waals surface area contributed by atoms with Crippen LogP contribution in [0.2, 0.25) is 0 Å². The van der Waals surface area contributed by atoms with E-state index in [1.807, 2.05) is 31.2 Å². The van der Waals surface area contributed by atoms with E-state index in [1.165, 1.54) is 6.42 Å². The largest absolute Gasteiger partial charge is 0.484 e. The van der Waals surface area contributed by atoms with E-state index in [9.17, 15) is 4.79 Å². The molecule has 1 fully saturated rings. The second-order valence-electron chi connectivity index (χ2n) is 10.3. The fourth-order valence-electron chi connectivity index (χ4n) is 5.72. The van der Waals surface area contributed by atoms with E-state index in [0.29, 0.717) is 18.0 Å². The van der Waals surface area contributed by atoms with Crippen molar-refractivity contribution in [2.45, 2.75) is 64.0 Å². The zero-order valence-electron chi connectivity index (χ0n) is 20.1. The third-order valence-electron chi connectivity index (χ3n) is 7.64. The molecule has 4 atom stereocenters. The Morgan fingerprint density at radius 2 is 1.88 bits per heavy atom. The van der Waals surface area contributed by atoms with Crippen molar-refractivity contribution in [1.29, 1.82) is 0 Å². The van der Waals surface area contributed by atoms with Gasteiger partial charge in [0.25, 0.3) is 0 Å². The van der Waals surface area contributed by atoms with Crippen molar-refractivity contribution in [3.63, 3.8) is 0 Å². The van der Waals surface area contributed by atoms with Crippen molar-refractivity contribution in [3.8, 4) is 5.75 Å². The van der Waals surface area contributed by atoms with E-state index in [1.54, 1.807) is 6.26 Å². The van der Waals surface area contributed by atoms with Gasteiger partial charge >= 0.3 is 5.97 Å². The Morgan fingerprint density at radius 3 is 2.62 bits per heavy atom. The van der Waals surface area contributed by atoms with Crippen LogP contribution in [0.1, 0.15) is 68.2 Å². The number of nitrogen functional groups attached to an aromatic ring is 2. The second-order valence-corrected chi connectivity index (χ2v) is 10.3. The van der Waals surface area contributed by atoms with E-state index in [4.69, 9.17) is 20.9 Å². The summed E-state index contributed by atoms with van der Waals surface area (Å²) in [6, 6.07) is 12.4. The fraction of sp³-hybridized carbons (Fsp3) is 0.464. The van der Waals surface area contributed by atoms with Crippen LogP contribution in [0.3, 0.4) is 0 Å². The standard InChI is InChI=1S/C28H35N3O3/c1-17-9-10-31(15-17)26-14-23-24(12-21(29)13-25(23)30)28(26)34-22-7-5-19(6-8-22)20-4-3-18(2)16-33-27(32)11-20/h5-8,12-13,16-17,20,26,28H,3-4,9-11,14-15,29-30H2,1-2H3. The molecule has 0 radical (unpaired) electrons. The third kappa shape index (κ3) is 4.64. The molecule has 3 aliphatic rings.